The predicted molar refractivity (Wildman–Crippen MR) is 99.1 cm³/mol. The number of hydrogen-bond acceptors (Lipinski definition) is 3. The van der Waals surface area contributed by atoms with Crippen molar-refractivity contribution in [3.63, 3.8) is 0 Å². The number of furan rings is 1. The molecule has 4 nitrogen and oxygen atoms in total. The van der Waals surface area contributed by atoms with E-state index in [2.05, 4.69) is 33.1 Å². The Morgan fingerprint density at radius 1 is 1.52 bits per heavy atom. The zero-order chi connectivity index (χ0) is 18.2. The molecular weight excluding hydrogens is 314 g/mol. The van der Waals surface area contributed by atoms with Crippen LogP contribution in [-0.2, 0) is 11.2 Å². The number of rotatable bonds is 7. The fraction of sp³-hybridized carbons (Fsp3) is 0.619. The molecule has 4 heteroatoms. The van der Waals surface area contributed by atoms with Crippen molar-refractivity contribution in [3.05, 3.63) is 42.7 Å². The highest BCUT2D eigenvalue weighted by Crippen LogP contribution is 2.35. The van der Waals surface area contributed by atoms with Gasteiger partial charge < -0.3 is 9.15 Å². The molecule has 3 atom stereocenters. The first-order valence-corrected chi connectivity index (χ1v) is 9.36. The summed E-state index contributed by atoms with van der Waals surface area (Å²) in [7, 11) is 0. The molecule has 0 bridgehead atoms. The Hall–Kier alpha value is -1.93. The maximum atomic E-state index is 12.6. The van der Waals surface area contributed by atoms with Crippen LogP contribution in [0.4, 0.5) is 4.79 Å². The van der Waals surface area contributed by atoms with Crippen LogP contribution in [0.1, 0.15) is 52.2 Å². The van der Waals surface area contributed by atoms with Gasteiger partial charge in [-0.05, 0) is 49.1 Å². The second kappa shape index (κ2) is 9.53. The largest absolute Gasteiger partial charge is 0.469 e. The molecule has 0 unspecified atom stereocenters. The quantitative estimate of drug-likeness (QED) is 0.621. The average Bonchev–Trinajstić information content (AvgIpc) is 3.07. The van der Waals surface area contributed by atoms with Gasteiger partial charge in [0.05, 0.1) is 12.5 Å². The van der Waals surface area contributed by atoms with Crippen LogP contribution in [0.25, 0.3) is 0 Å². The van der Waals surface area contributed by atoms with Gasteiger partial charge in [0.1, 0.15) is 11.9 Å². The maximum Gasteiger partial charge on any atom is 0.414 e. The lowest BCUT2D eigenvalue weighted by Gasteiger charge is -2.37. The summed E-state index contributed by atoms with van der Waals surface area (Å²) in [5.41, 5.74) is 2.70. The van der Waals surface area contributed by atoms with E-state index in [1.165, 1.54) is 6.42 Å². The van der Waals surface area contributed by atoms with Crippen LogP contribution in [0.3, 0.4) is 0 Å². The van der Waals surface area contributed by atoms with Gasteiger partial charge in [0.25, 0.3) is 0 Å². The van der Waals surface area contributed by atoms with Crippen molar-refractivity contribution < 1.29 is 13.9 Å². The molecule has 1 fully saturated rings. The lowest BCUT2D eigenvalue weighted by molar-refractivity contribution is -0.00529. The third-order valence-electron chi connectivity index (χ3n) is 5.10. The van der Waals surface area contributed by atoms with Gasteiger partial charge in [-0.1, -0.05) is 33.8 Å². The minimum atomic E-state index is -0.291. The highest BCUT2D eigenvalue weighted by molar-refractivity contribution is 5.69. The van der Waals surface area contributed by atoms with E-state index in [4.69, 9.17) is 9.15 Å². The van der Waals surface area contributed by atoms with Crippen molar-refractivity contribution >= 4 is 6.09 Å². The SMILES string of the molecule is C=C=CN(CCCc1ccco1)C(=O)O[C@@H]1C[C@H](C)CC[C@H]1C(C)C. The van der Waals surface area contributed by atoms with Gasteiger partial charge >= 0.3 is 6.09 Å². The molecule has 1 aliphatic rings. The summed E-state index contributed by atoms with van der Waals surface area (Å²) in [6, 6.07) is 3.82. The van der Waals surface area contributed by atoms with Crippen LogP contribution >= 0.6 is 0 Å². The van der Waals surface area contributed by atoms with Crippen LogP contribution in [0.5, 0.6) is 0 Å². The summed E-state index contributed by atoms with van der Waals surface area (Å²) in [5, 5.41) is 0. The fourth-order valence-corrected chi connectivity index (χ4v) is 3.64. The van der Waals surface area contributed by atoms with Crippen molar-refractivity contribution in [2.45, 2.75) is 59.0 Å². The summed E-state index contributed by atoms with van der Waals surface area (Å²) in [6.45, 7) is 10.8. The Balaban J connectivity index is 1.92. The van der Waals surface area contributed by atoms with Crippen LogP contribution in [0.2, 0.25) is 0 Å². The van der Waals surface area contributed by atoms with E-state index in [-0.39, 0.29) is 12.2 Å². The Labute approximate surface area is 151 Å². The normalized spacial score (nSPS) is 23.1. The molecule has 138 valence electrons. The van der Waals surface area contributed by atoms with Gasteiger partial charge in [0.15, 0.2) is 0 Å². The first-order valence-electron chi connectivity index (χ1n) is 9.36. The molecule has 0 saturated heterocycles. The zero-order valence-electron chi connectivity index (χ0n) is 15.7. The number of carbonyl (C=O) groups excluding carboxylic acids is 1. The van der Waals surface area contributed by atoms with Crippen molar-refractivity contribution in [3.8, 4) is 0 Å². The minimum Gasteiger partial charge on any atom is -0.469 e. The zero-order valence-corrected chi connectivity index (χ0v) is 15.7. The molecular formula is C21H31NO3. The summed E-state index contributed by atoms with van der Waals surface area (Å²) in [4.78, 5) is 14.2. The molecule has 0 aliphatic heterocycles. The van der Waals surface area contributed by atoms with Gasteiger partial charge in [0, 0.05) is 13.0 Å². The Bertz CT molecular complexity index is 572. The molecule has 0 spiro atoms. The predicted octanol–water partition coefficient (Wildman–Crippen LogP) is 5.41. The van der Waals surface area contributed by atoms with E-state index < -0.39 is 0 Å². The molecule has 1 aliphatic carbocycles. The molecule has 0 aromatic carbocycles. The molecule has 1 aromatic heterocycles. The molecule has 2 rings (SSSR count). The van der Waals surface area contributed by atoms with E-state index >= 15 is 0 Å². The van der Waals surface area contributed by atoms with Gasteiger partial charge in [0.2, 0.25) is 0 Å². The molecule has 1 amide bonds. The average molecular weight is 345 g/mol. The highest BCUT2D eigenvalue weighted by Gasteiger charge is 2.34. The Morgan fingerprint density at radius 2 is 2.32 bits per heavy atom. The summed E-state index contributed by atoms with van der Waals surface area (Å²) in [6.07, 6.45) is 7.85. The lowest BCUT2D eigenvalue weighted by atomic mass is 9.75. The molecule has 25 heavy (non-hydrogen) atoms. The van der Waals surface area contributed by atoms with E-state index in [1.807, 2.05) is 12.1 Å². The van der Waals surface area contributed by atoms with E-state index in [0.29, 0.717) is 24.3 Å². The van der Waals surface area contributed by atoms with Crippen LogP contribution in [0, 0.1) is 17.8 Å². The molecule has 1 aromatic rings. The van der Waals surface area contributed by atoms with Crippen molar-refractivity contribution in [1.82, 2.24) is 4.90 Å². The smallest absolute Gasteiger partial charge is 0.414 e. The van der Waals surface area contributed by atoms with Gasteiger partial charge in [-0.2, -0.15) is 0 Å². The first kappa shape index (κ1) is 19.4. The Morgan fingerprint density at radius 3 is 2.96 bits per heavy atom. The van der Waals surface area contributed by atoms with E-state index in [0.717, 1.165) is 31.4 Å². The van der Waals surface area contributed by atoms with Crippen molar-refractivity contribution in [2.24, 2.45) is 17.8 Å². The van der Waals surface area contributed by atoms with Gasteiger partial charge in [-0.25, -0.2) is 4.79 Å². The molecule has 0 N–H and O–H groups in total. The van der Waals surface area contributed by atoms with Crippen LogP contribution < -0.4 is 0 Å². The summed E-state index contributed by atoms with van der Waals surface area (Å²) < 4.78 is 11.2. The van der Waals surface area contributed by atoms with Crippen molar-refractivity contribution in [1.29, 1.82) is 0 Å². The second-order valence-corrected chi connectivity index (χ2v) is 7.46. The molecule has 1 heterocycles. The number of carbonyl (C=O) groups is 1. The third kappa shape index (κ3) is 5.82. The topological polar surface area (TPSA) is 42.7 Å². The number of hydrogen-bond donors (Lipinski definition) is 0. The van der Waals surface area contributed by atoms with Gasteiger partial charge in [-0.3, -0.25) is 4.90 Å². The number of nitrogens with zero attached hydrogens (tertiary/aromatic N) is 1. The number of amides is 1. The minimum absolute atomic E-state index is 0.00189. The third-order valence-corrected chi connectivity index (χ3v) is 5.10. The number of aryl methyl sites for hydroxylation is 1. The summed E-state index contributed by atoms with van der Waals surface area (Å²) >= 11 is 0. The highest BCUT2D eigenvalue weighted by atomic mass is 16.6. The summed E-state index contributed by atoms with van der Waals surface area (Å²) in [5.74, 6) is 2.50. The maximum absolute atomic E-state index is 12.6. The standard InChI is InChI=1S/C21H31NO3/c1-5-12-22(13-6-8-18-9-7-14-24-18)21(23)25-20-15-17(4)10-11-19(20)16(2)3/h7,9,12,14,16-17,19-20H,1,6,8,10-11,13,15H2,2-4H3/t17-,19+,20-/m1/s1. The first-order chi connectivity index (χ1) is 12.0. The molecule has 1 saturated carbocycles. The van der Waals surface area contributed by atoms with Gasteiger partial charge in [-0.15, -0.1) is 5.73 Å². The monoisotopic (exact) mass is 345 g/mol. The molecule has 0 radical (unpaired) electrons. The van der Waals surface area contributed by atoms with Crippen molar-refractivity contribution in [2.75, 3.05) is 6.54 Å². The fourth-order valence-electron chi connectivity index (χ4n) is 3.64. The van der Waals surface area contributed by atoms with Crippen LogP contribution in [-0.4, -0.2) is 23.6 Å². The number of ether oxygens (including phenoxy) is 1. The second-order valence-electron chi connectivity index (χ2n) is 7.46. The Kier molecular flexibility index (Phi) is 7.39. The van der Waals surface area contributed by atoms with Crippen LogP contribution in [0.15, 0.2) is 41.3 Å². The lowest BCUT2D eigenvalue weighted by Crippen LogP contribution is -2.39. The van der Waals surface area contributed by atoms with E-state index in [9.17, 15) is 4.79 Å². The van der Waals surface area contributed by atoms with E-state index in [1.54, 1.807) is 17.4 Å².